The molecule has 2 atom stereocenters. The van der Waals surface area contributed by atoms with Crippen molar-refractivity contribution in [2.24, 2.45) is 0 Å². The number of anilines is 1. The Morgan fingerprint density at radius 3 is 2.88 bits per heavy atom. The van der Waals surface area contributed by atoms with Gasteiger partial charge in [0.15, 0.2) is 0 Å². The van der Waals surface area contributed by atoms with Crippen LogP contribution in [0.4, 0.5) is 14.6 Å². The van der Waals surface area contributed by atoms with Gasteiger partial charge in [-0.1, -0.05) is 0 Å². The molecule has 0 spiro atoms. The fraction of sp³-hybridized carbons (Fsp3) is 0.500. The van der Waals surface area contributed by atoms with Crippen molar-refractivity contribution in [3.05, 3.63) is 23.9 Å². The molecule has 0 bridgehead atoms. The molecule has 2 aliphatic rings. The first kappa shape index (κ1) is 15.7. The number of nitrogens with zero attached hydrogens (tertiary/aromatic N) is 5. The van der Waals surface area contributed by atoms with Crippen molar-refractivity contribution in [2.45, 2.75) is 37.3 Å². The van der Waals surface area contributed by atoms with Crippen LogP contribution in [0, 0.1) is 0 Å². The van der Waals surface area contributed by atoms with E-state index in [2.05, 4.69) is 25.6 Å². The SMILES string of the molecule is CN1C(=O)[C@H](NC(=O)c2ncn[nH]2)CCn2nc([C@H]3CC3(F)F)cc21. The maximum Gasteiger partial charge on any atom is 0.289 e. The van der Waals surface area contributed by atoms with E-state index in [1.165, 1.54) is 29.0 Å². The zero-order valence-electron chi connectivity index (χ0n) is 13.2. The van der Waals surface area contributed by atoms with Gasteiger partial charge in [-0.15, -0.1) is 0 Å². The maximum atomic E-state index is 13.2. The third-order valence-electron chi connectivity index (χ3n) is 4.50. The minimum Gasteiger partial charge on any atom is -0.337 e. The third kappa shape index (κ3) is 2.65. The molecule has 9 nitrogen and oxygen atoms in total. The summed E-state index contributed by atoms with van der Waals surface area (Å²) < 4.78 is 28.0. The molecule has 0 saturated heterocycles. The highest BCUT2D eigenvalue weighted by Gasteiger charge is 2.59. The van der Waals surface area contributed by atoms with E-state index in [9.17, 15) is 18.4 Å². The lowest BCUT2D eigenvalue weighted by Gasteiger charge is -2.20. The molecule has 2 N–H and O–H groups in total. The van der Waals surface area contributed by atoms with Crippen molar-refractivity contribution in [1.29, 1.82) is 0 Å². The van der Waals surface area contributed by atoms with E-state index in [0.717, 1.165) is 0 Å². The quantitative estimate of drug-likeness (QED) is 0.826. The summed E-state index contributed by atoms with van der Waals surface area (Å²) in [4.78, 5) is 29.7. The first-order valence-corrected chi connectivity index (χ1v) is 7.76. The van der Waals surface area contributed by atoms with Crippen LogP contribution in [0.15, 0.2) is 12.4 Å². The molecule has 2 aromatic heterocycles. The molecule has 25 heavy (non-hydrogen) atoms. The van der Waals surface area contributed by atoms with Crippen molar-refractivity contribution in [2.75, 3.05) is 11.9 Å². The third-order valence-corrected chi connectivity index (χ3v) is 4.50. The number of aryl methyl sites for hydroxylation is 1. The summed E-state index contributed by atoms with van der Waals surface area (Å²) in [5.74, 6) is -4.02. The van der Waals surface area contributed by atoms with Gasteiger partial charge < -0.3 is 5.32 Å². The second-order valence-corrected chi connectivity index (χ2v) is 6.21. The summed E-state index contributed by atoms with van der Waals surface area (Å²) in [7, 11) is 1.53. The number of likely N-dealkylation sites (N-methyl/N-ethyl adjacent to an activating group) is 1. The Hall–Kier alpha value is -2.85. The lowest BCUT2D eigenvalue weighted by atomic mass is 10.2. The number of H-pyrrole nitrogens is 1. The minimum atomic E-state index is -2.71. The Morgan fingerprint density at radius 1 is 1.48 bits per heavy atom. The fourth-order valence-electron chi connectivity index (χ4n) is 2.96. The van der Waals surface area contributed by atoms with Gasteiger partial charge in [-0.2, -0.15) is 10.2 Å². The molecule has 3 heterocycles. The number of nitrogens with one attached hydrogen (secondary N) is 2. The number of carbonyl (C=O) groups is 2. The summed E-state index contributed by atoms with van der Waals surface area (Å²) >= 11 is 0. The van der Waals surface area contributed by atoms with E-state index in [1.54, 1.807) is 0 Å². The minimum absolute atomic E-state index is 0.00990. The largest absolute Gasteiger partial charge is 0.337 e. The molecule has 11 heteroatoms. The van der Waals surface area contributed by atoms with E-state index in [1.807, 2.05) is 0 Å². The molecule has 2 aromatic rings. The van der Waals surface area contributed by atoms with Gasteiger partial charge in [0.05, 0.1) is 11.6 Å². The van der Waals surface area contributed by atoms with Crippen LogP contribution >= 0.6 is 0 Å². The van der Waals surface area contributed by atoms with Gasteiger partial charge in [0.2, 0.25) is 5.82 Å². The number of rotatable bonds is 3. The average Bonchev–Trinajstić information content (AvgIpc) is 3.02. The van der Waals surface area contributed by atoms with Gasteiger partial charge in [-0.3, -0.25) is 19.6 Å². The molecule has 0 unspecified atom stereocenters. The lowest BCUT2D eigenvalue weighted by molar-refractivity contribution is -0.120. The van der Waals surface area contributed by atoms with Gasteiger partial charge in [0.25, 0.3) is 17.7 Å². The molecule has 4 rings (SSSR count). The summed E-state index contributed by atoms with van der Waals surface area (Å²) in [6.45, 7) is 0.324. The van der Waals surface area contributed by atoms with Crippen LogP contribution in [-0.2, 0) is 11.3 Å². The van der Waals surface area contributed by atoms with Gasteiger partial charge in [-0.25, -0.2) is 18.4 Å². The smallest absolute Gasteiger partial charge is 0.289 e. The van der Waals surface area contributed by atoms with Crippen LogP contribution < -0.4 is 10.2 Å². The lowest BCUT2D eigenvalue weighted by Crippen LogP contribution is -2.47. The Balaban J connectivity index is 1.52. The molecule has 1 fully saturated rings. The predicted molar refractivity (Wildman–Crippen MR) is 80.2 cm³/mol. The second-order valence-electron chi connectivity index (χ2n) is 6.21. The first-order chi connectivity index (χ1) is 11.9. The summed E-state index contributed by atoms with van der Waals surface area (Å²) in [6.07, 6.45) is 1.27. The predicted octanol–water partition coefficient (Wildman–Crippen LogP) is 0.289. The monoisotopic (exact) mass is 351 g/mol. The van der Waals surface area contributed by atoms with E-state index in [0.29, 0.717) is 18.1 Å². The fourth-order valence-corrected chi connectivity index (χ4v) is 2.96. The molecular weight excluding hydrogens is 336 g/mol. The topological polar surface area (TPSA) is 109 Å². The Labute approximate surface area is 140 Å². The number of halogens is 2. The number of hydrogen-bond donors (Lipinski definition) is 2. The first-order valence-electron chi connectivity index (χ1n) is 7.76. The molecular formula is C14H15F2N7O2. The van der Waals surface area contributed by atoms with Gasteiger partial charge in [0, 0.05) is 26.1 Å². The zero-order valence-corrected chi connectivity index (χ0v) is 13.2. The molecule has 1 aliphatic carbocycles. The number of hydrogen-bond acceptors (Lipinski definition) is 5. The van der Waals surface area contributed by atoms with Gasteiger partial charge >= 0.3 is 0 Å². The highest BCUT2D eigenvalue weighted by molar-refractivity contribution is 6.00. The standard InChI is InChI=1S/C14H15F2N7O2/c1-22-10-4-9(7-5-14(7,15)16)21-23(10)3-2-8(13(22)25)19-12(24)11-17-6-18-20-11/h4,6-8H,2-3,5H2,1H3,(H,19,24)(H,17,18,20)/t7-,8-/m1/s1. The Kier molecular flexibility index (Phi) is 3.34. The number of aromatic amines is 1. The zero-order chi connectivity index (χ0) is 17.8. The molecule has 1 aliphatic heterocycles. The van der Waals surface area contributed by atoms with Crippen LogP contribution in [0.5, 0.6) is 0 Å². The summed E-state index contributed by atoms with van der Waals surface area (Å²) in [5.41, 5.74) is 0.295. The second kappa shape index (κ2) is 5.33. The van der Waals surface area contributed by atoms with Crippen LogP contribution in [-0.4, -0.2) is 55.8 Å². The summed E-state index contributed by atoms with van der Waals surface area (Å²) in [6, 6.07) is 0.750. The van der Waals surface area contributed by atoms with Crippen molar-refractivity contribution >= 4 is 17.6 Å². The highest BCUT2D eigenvalue weighted by atomic mass is 19.3. The van der Waals surface area contributed by atoms with Crippen LogP contribution in [0.1, 0.15) is 35.1 Å². The van der Waals surface area contributed by atoms with Crippen LogP contribution in [0.2, 0.25) is 0 Å². The van der Waals surface area contributed by atoms with Crippen molar-refractivity contribution < 1.29 is 18.4 Å². The van der Waals surface area contributed by atoms with E-state index < -0.39 is 23.8 Å². The molecule has 0 radical (unpaired) electrons. The van der Waals surface area contributed by atoms with Crippen molar-refractivity contribution in [3.8, 4) is 0 Å². The number of carbonyl (C=O) groups excluding carboxylic acids is 2. The normalized spacial score (nSPS) is 24.6. The van der Waals surface area contributed by atoms with Crippen molar-refractivity contribution in [3.63, 3.8) is 0 Å². The van der Waals surface area contributed by atoms with Crippen LogP contribution in [0.3, 0.4) is 0 Å². The molecule has 132 valence electrons. The van der Waals surface area contributed by atoms with E-state index >= 15 is 0 Å². The Bertz CT molecular complexity index is 832. The van der Waals surface area contributed by atoms with Gasteiger partial charge in [0.1, 0.15) is 18.2 Å². The number of amides is 2. The molecule has 1 saturated carbocycles. The van der Waals surface area contributed by atoms with Crippen LogP contribution in [0.25, 0.3) is 0 Å². The maximum absolute atomic E-state index is 13.2. The number of aromatic nitrogens is 5. The van der Waals surface area contributed by atoms with E-state index in [4.69, 9.17) is 0 Å². The summed E-state index contributed by atoms with van der Waals surface area (Å²) in [5, 5.41) is 12.8. The average molecular weight is 351 g/mol. The number of fused-ring (bicyclic) bond motifs is 1. The highest BCUT2D eigenvalue weighted by Crippen LogP contribution is 2.55. The van der Waals surface area contributed by atoms with E-state index in [-0.39, 0.29) is 24.6 Å². The Morgan fingerprint density at radius 2 is 2.24 bits per heavy atom. The molecule has 0 aromatic carbocycles. The van der Waals surface area contributed by atoms with Gasteiger partial charge in [-0.05, 0) is 6.42 Å². The number of alkyl halides is 2. The van der Waals surface area contributed by atoms with Crippen molar-refractivity contribution in [1.82, 2.24) is 30.3 Å². The molecule has 2 amide bonds.